The van der Waals surface area contributed by atoms with Gasteiger partial charge in [-0.25, -0.2) is 4.39 Å². The summed E-state index contributed by atoms with van der Waals surface area (Å²) in [7, 11) is 0. The minimum Gasteiger partial charge on any atom is -0.478 e. The third-order valence-corrected chi connectivity index (χ3v) is 6.72. The molecule has 8 heteroatoms. The highest BCUT2D eigenvalue weighted by atomic mass is 35.5. The molecule has 0 radical (unpaired) electrons. The molecule has 2 aliphatic rings. The van der Waals surface area contributed by atoms with Crippen LogP contribution in [0, 0.1) is 12.7 Å². The number of benzene rings is 3. The van der Waals surface area contributed by atoms with E-state index in [0.717, 1.165) is 16.7 Å². The van der Waals surface area contributed by atoms with Crippen molar-refractivity contribution in [1.82, 2.24) is 4.90 Å². The van der Waals surface area contributed by atoms with E-state index in [4.69, 9.17) is 44.3 Å². The Balaban J connectivity index is 1.48. The SMILES string of the molecule is Cc1cc2c(c3c1C(=O)/C(=C/c1c(F)cccc1Cl)O3)CN(Cc1ccc(Cl)c(Cl)c1)CO2. The maximum absolute atomic E-state index is 14.3. The van der Waals surface area contributed by atoms with Gasteiger partial charge in [-0.05, 0) is 54.5 Å². The summed E-state index contributed by atoms with van der Waals surface area (Å²) in [5.74, 6) is 0.278. The molecule has 33 heavy (non-hydrogen) atoms. The Morgan fingerprint density at radius 3 is 2.67 bits per heavy atom. The summed E-state index contributed by atoms with van der Waals surface area (Å²) in [5, 5.41) is 1.18. The molecule has 0 bridgehead atoms. The Hall–Kier alpha value is -2.57. The number of Topliss-reactive ketones (excluding diaryl/α,β-unsaturated/α-hetero) is 1. The summed E-state index contributed by atoms with van der Waals surface area (Å²) in [5.41, 5.74) is 3.03. The summed E-state index contributed by atoms with van der Waals surface area (Å²) >= 11 is 18.3. The number of hydrogen-bond acceptors (Lipinski definition) is 4. The first kappa shape index (κ1) is 22.2. The average molecular weight is 505 g/mol. The van der Waals surface area contributed by atoms with Gasteiger partial charge < -0.3 is 9.47 Å². The van der Waals surface area contributed by atoms with Gasteiger partial charge in [0, 0.05) is 18.7 Å². The molecule has 0 spiro atoms. The lowest BCUT2D eigenvalue weighted by Crippen LogP contribution is -2.31. The van der Waals surface area contributed by atoms with Crippen molar-refractivity contribution in [2.75, 3.05) is 6.73 Å². The lowest BCUT2D eigenvalue weighted by atomic mass is 9.98. The number of ether oxygens (including phenoxy) is 2. The molecule has 2 aliphatic heterocycles. The van der Waals surface area contributed by atoms with Crippen molar-refractivity contribution in [2.24, 2.45) is 0 Å². The number of rotatable bonds is 3. The smallest absolute Gasteiger partial charge is 0.232 e. The number of hydrogen-bond donors (Lipinski definition) is 0. The van der Waals surface area contributed by atoms with Crippen LogP contribution in [0.5, 0.6) is 11.5 Å². The van der Waals surface area contributed by atoms with Crippen LogP contribution in [0.25, 0.3) is 6.08 Å². The van der Waals surface area contributed by atoms with E-state index < -0.39 is 5.82 Å². The van der Waals surface area contributed by atoms with Crippen molar-refractivity contribution < 1.29 is 18.7 Å². The molecule has 2 heterocycles. The van der Waals surface area contributed by atoms with Crippen LogP contribution in [-0.4, -0.2) is 17.4 Å². The van der Waals surface area contributed by atoms with Crippen molar-refractivity contribution >= 4 is 46.7 Å². The van der Waals surface area contributed by atoms with E-state index in [1.54, 1.807) is 12.1 Å². The first-order chi connectivity index (χ1) is 15.8. The first-order valence-electron chi connectivity index (χ1n) is 10.2. The summed E-state index contributed by atoms with van der Waals surface area (Å²) in [6.07, 6.45) is 1.35. The van der Waals surface area contributed by atoms with Gasteiger partial charge in [-0.3, -0.25) is 9.69 Å². The minimum atomic E-state index is -0.530. The molecule has 0 N–H and O–H groups in total. The van der Waals surface area contributed by atoms with Crippen LogP contribution < -0.4 is 9.47 Å². The molecular formula is C25H17Cl3FNO3. The van der Waals surface area contributed by atoms with Crippen LogP contribution in [0.1, 0.15) is 32.6 Å². The van der Waals surface area contributed by atoms with Gasteiger partial charge in [-0.15, -0.1) is 0 Å². The maximum atomic E-state index is 14.3. The van der Waals surface area contributed by atoms with Crippen molar-refractivity contribution in [2.45, 2.75) is 20.0 Å². The van der Waals surface area contributed by atoms with Crippen LogP contribution in [-0.2, 0) is 13.1 Å². The van der Waals surface area contributed by atoms with E-state index in [2.05, 4.69) is 4.90 Å². The first-order valence-corrected chi connectivity index (χ1v) is 11.3. The second-order valence-electron chi connectivity index (χ2n) is 7.96. The van der Waals surface area contributed by atoms with Gasteiger partial charge in [-0.1, -0.05) is 46.9 Å². The molecule has 0 amide bonds. The van der Waals surface area contributed by atoms with Crippen molar-refractivity contribution in [3.8, 4) is 11.5 Å². The fourth-order valence-electron chi connectivity index (χ4n) is 4.05. The maximum Gasteiger partial charge on any atom is 0.232 e. The Morgan fingerprint density at radius 1 is 1.09 bits per heavy atom. The van der Waals surface area contributed by atoms with E-state index >= 15 is 0 Å². The van der Waals surface area contributed by atoms with E-state index in [1.165, 1.54) is 18.2 Å². The quantitative estimate of drug-likeness (QED) is 0.358. The average Bonchev–Trinajstić information content (AvgIpc) is 3.11. The topological polar surface area (TPSA) is 38.8 Å². The van der Waals surface area contributed by atoms with Crippen LogP contribution in [0.2, 0.25) is 15.1 Å². The fraction of sp³-hybridized carbons (Fsp3) is 0.160. The third-order valence-electron chi connectivity index (χ3n) is 5.65. The van der Waals surface area contributed by atoms with E-state index in [-0.39, 0.29) is 22.1 Å². The zero-order chi connectivity index (χ0) is 23.3. The van der Waals surface area contributed by atoms with Gasteiger partial charge in [-0.2, -0.15) is 0 Å². The van der Waals surface area contributed by atoms with E-state index in [9.17, 15) is 9.18 Å². The molecule has 0 fully saturated rings. The van der Waals surface area contributed by atoms with Crippen LogP contribution in [0.15, 0.2) is 48.2 Å². The van der Waals surface area contributed by atoms with Gasteiger partial charge in [0.15, 0.2) is 5.76 Å². The molecule has 168 valence electrons. The van der Waals surface area contributed by atoms with Crippen LogP contribution >= 0.6 is 34.8 Å². The molecule has 0 unspecified atom stereocenters. The van der Waals surface area contributed by atoms with E-state index in [0.29, 0.717) is 46.9 Å². The Labute approximate surface area is 205 Å². The summed E-state index contributed by atoms with van der Waals surface area (Å²) in [4.78, 5) is 15.2. The molecule has 3 aromatic rings. The normalized spacial score (nSPS) is 16.4. The molecular weight excluding hydrogens is 488 g/mol. The third kappa shape index (κ3) is 4.11. The largest absolute Gasteiger partial charge is 0.478 e. The second-order valence-corrected chi connectivity index (χ2v) is 9.18. The fourth-order valence-corrected chi connectivity index (χ4v) is 4.59. The molecule has 3 aromatic carbocycles. The number of carbonyl (C=O) groups is 1. The number of halogens is 4. The van der Waals surface area contributed by atoms with Crippen LogP contribution in [0.3, 0.4) is 0 Å². The summed E-state index contributed by atoms with van der Waals surface area (Å²) in [6.45, 7) is 3.26. The van der Waals surface area contributed by atoms with E-state index in [1.807, 2.05) is 25.1 Å². The number of ketones is 1. The molecule has 0 saturated carbocycles. The molecule has 0 aliphatic carbocycles. The monoisotopic (exact) mass is 503 g/mol. The lowest BCUT2D eigenvalue weighted by Gasteiger charge is -2.30. The molecule has 0 atom stereocenters. The molecule has 5 rings (SSSR count). The number of carbonyl (C=O) groups excluding carboxylic acids is 1. The van der Waals surface area contributed by atoms with Gasteiger partial charge in [0.2, 0.25) is 5.78 Å². The predicted octanol–water partition coefficient (Wildman–Crippen LogP) is 7.06. The van der Waals surface area contributed by atoms with Gasteiger partial charge in [0.1, 0.15) is 24.0 Å². The zero-order valence-electron chi connectivity index (χ0n) is 17.4. The summed E-state index contributed by atoms with van der Waals surface area (Å²) < 4.78 is 26.2. The van der Waals surface area contributed by atoms with Crippen LogP contribution in [0.4, 0.5) is 4.39 Å². The Morgan fingerprint density at radius 2 is 1.91 bits per heavy atom. The second kappa shape index (κ2) is 8.65. The Kier molecular flexibility index (Phi) is 5.83. The zero-order valence-corrected chi connectivity index (χ0v) is 19.7. The molecule has 4 nitrogen and oxygen atoms in total. The highest BCUT2D eigenvalue weighted by Crippen LogP contribution is 2.44. The van der Waals surface area contributed by atoms with Gasteiger partial charge in [0.05, 0.1) is 26.2 Å². The number of allylic oxidation sites excluding steroid dienone is 1. The Bertz CT molecular complexity index is 1320. The number of nitrogens with zero attached hydrogens (tertiary/aromatic N) is 1. The predicted molar refractivity (Wildman–Crippen MR) is 127 cm³/mol. The highest BCUT2D eigenvalue weighted by Gasteiger charge is 2.35. The van der Waals surface area contributed by atoms with Crippen molar-refractivity contribution in [3.05, 3.63) is 96.9 Å². The lowest BCUT2D eigenvalue weighted by molar-refractivity contribution is 0.0872. The van der Waals surface area contributed by atoms with Gasteiger partial charge >= 0.3 is 0 Å². The molecule has 0 saturated heterocycles. The molecule has 0 aromatic heterocycles. The summed E-state index contributed by atoms with van der Waals surface area (Å²) in [6, 6.07) is 11.7. The minimum absolute atomic E-state index is 0.0232. The van der Waals surface area contributed by atoms with Crippen molar-refractivity contribution in [3.63, 3.8) is 0 Å². The standard InChI is InChI=1S/C25H17Cl3FNO3/c1-13-7-21-16(11-30(12-32-21)10-14-5-6-18(27)19(28)8-14)25-23(13)24(31)22(33-25)9-15-17(26)3-2-4-20(15)29/h2-9H,10-12H2,1H3/b22-9-. The number of fused-ring (bicyclic) bond motifs is 3. The highest BCUT2D eigenvalue weighted by molar-refractivity contribution is 6.42. The number of aryl methyl sites for hydroxylation is 1. The van der Waals surface area contributed by atoms with Crippen molar-refractivity contribution in [1.29, 1.82) is 0 Å². The van der Waals surface area contributed by atoms with Gasteiger partial charge in [0.25, 0.3) is 0 Å².